The van der Waals surface area contributed by atoms with Crippen LogP contribution in [0.25, 0.3) is 0 Å². The van der Waals surface area contributed by atoms with Gasteiger partial charge in [-0.3, -0.25) is 9.48 Å². The molecule has 0 bridgehead atoms. The molecule has 22 heavy (non-hydrogen) atoms. The van der Waals surface area contributed by atoms with Crippen LogP contribution < -0.4 is 0 Å². The lowest BCUT2D eigenvalue weighted by atomic mass is 9.95. The van der Waals surface area contributed by atoms with Crippen molar-refractivity contribution in [2.24, 2.45) is 5.92 Å². The van der Waals surface area contributed by atoms with Gasteiger partial charge in [-0.15, -0.1) is 5.06 Å². The van der Waals surface area contributed by atoms with Gasteiger partial charge in [0.15, 0.2) is 0 Å². The molecular weight excluding hydrogens is 274 g/mol. The lowest BCUT2D eigenvalue weighted by Crippen LogP contribution is -2.35. The summed E-state index contributed by atoms with van der Waals surface area (Å²) >= 11 is 0. The Morgan fingerprint density at radius 2 is 1.82 bits per heavy atom. The Bertz CT molecular complexity index is 610. The molecule has 1 atom stereocenters. The molecule has 1 fully saturated rings. The topological polar surface area (TPSA) is 18.7 Å². The Morgan fingerprint density at radius 1 is 1.18 bits per heavy atom. The third-order valence-corrected chi connectivity index (χ3v) is 4.30. The van der Waals surface area contributed by atoms with Crippen LogP contribution in [0.3, 0.4) is 0 Å². The number of allylic oxidation sites excluding steroid dienone is 1. The molecule has 1 heterocycles. The summed E-state index contributed by atoms with van der Waals surface area (Å²) in [6, 6.07) is 10.8. The summed E-state index contributed by atoms with van der Waals surface area (Å²) in [5.74, 6) is 2.97. The third kappa shape index (κ3) is 2.63. The Kier molecular flexibility index (Phi) is 3.96. The molecule has 1 aliphatic heterocycles. The van der Waals surface area contributed by atoms with Crippen LogP contribution in [0.15, 0.2) is 41.7 Å². The monoisotopic (exact) mass is 300 g/mol. The van der Waals surface area contributed by atoms with Crippen molar-refractivity contribution in [1.29, 1.82) is 0 Å². The van der Waals surface area contributed by atoms with Gasteiger partial charge in [-0.2, -0.15) is 0 Å². The smallest absolute Gasteiger partial charge is 0.279 e. The fourth-order valence-corrected chi connectivity index (χ4v) is 3.34. The van der Waals surface area contributed by atoms with Crippen LogP contribution in [0.2, 0.25) is 0 Å². The van der Waals surface area contributed by atoms with E-state index >= 15 is 0 Å². The lowest BCUT2D eigenvalue weighted by Gasteiger charge is -2.22. The summed E-state index contributed by atoms with van der Waals surface area (Å²) in [6.07, 6.45) is 2.48. The molecule has 1 saturated carbocycles. The van der Waals surface area contributed by atoms with Crippen LogP contribution >= 0.6 is 0 Å². The minimum Gasteiger partial charge on any atom is -0.409 e. The molecule has 0 N–H and O–H groups in total. The van der Waals surface area contributed by atoms with Crippen LogP contribution in [0.5, 0.6) is 0 Å². The normalized spacial score (nSPS) is 21.8. The zero-order chi connectivity index (χ0) is 15.9. The largest absolute Gasteiger partial charge is 0.409 e. The molecule has 1 unspecified atom stereocenters. The van der Waals surface area contributed by atoms with Gasteiger partial charge in [-0.25, -0.2) is 0 Å². The minimum atomic E-state index is 0.150. The van der Waals surface area contributed by atoms with Gasteiger partial charge in [0, 0.05) is 13.0 Å². The first kappa shape index (κ1) is 15.1. The van der Waals surface area contributed by atoms with Crippen LogP contribution in [-0.2, 0) is 4.84 Å². The average molecular weight is 300 g/mol. The molecule has 118 valence electrons. The molecule has 3 rings (SSSR count). The van der Waals surface area contributed by atoms with Gasteiger partial charge < -0.3 is 4.84 Å². The van der Waals surface area contributed by atoms with Gasteiger partial charge in [0.2, 0.25) is 0 Å². The van der Waals surface area contributed by atoms with Crippen molar-refractivity contribution in [3.63, 3.8) is 0 Å². The summed E-state index contributed by atoms with van der Waals surface area (Å²) < 4.78 is 2.19. The van der Waals surface area contributed by atoms with E-state index in [9.17, 15) is 0 Å². The van der Waals surface area contributed by atoms with Crippen molar-refractivity contribution in [2.75, 3.05) is 35.2 Å². The molecule has 0 saturated heterocycles. The molecule has 0 spiro atoms. The van der Waals surface area contributed by atoms with Gasteiger partial charge in [0.05, 0.1) is 28.2 Å². The Hall–Kier alpha value is -1.81. The number of hydrogen-bond donors (Lipinski definition) is 0. The summed E-state index contributed by atoms with van der Waals surface area (Å²) in [5.41, 5.74) is 2.59. The van der Waals surface area contributed by atoms with Gasteiger partial charge in [0.25, 0.3) is 5.84 Å². The standard InChI is InChI=1S/C18H26N3O/c1-19(2)18(20(3)4)15-16(13-9-7-6-8-10-13)21(5)22-17(15)14-11-12-14/h6-10,14,16H,11-12H2,1-5H3/q+1. The maximum atomic E-state index is 6.18. The zero-order valence-electron chi connectivity index (χ0n) is 14.2. The highest BCUT2D eigenvalue weighted by atomic mass is 16.7. The average Bonchev–Trinajstić information content (AvgIpc) is 3.24. The predicted octanol–water partition coefficient (Wildman–Crippen LogP) is 2.50. The maximum Gasteiger partial charge on any atom is 0.279 e. The van der Waals surface area contributed by atoms with Crippen LogP contribution in [0.1, 0.15) is 24.4 Å². The van der Waals surface area contributed by atoms with Gasteiger partial charge >= 0.3 is 0 Å². The molecule has 1 aromatic carbocycles. The summed E-state index contributed by atoms with van der Waals surface area (Å²) in [7, 11) is 10.5. The number of hydroxylamine groups is 2. The van der Waals surface area contributed by atoms with Crippen molar-refractivity contribution in [3.8, 4) is 0 Å². The van der Waals surface area contributed by atoms with E-state index in [-0.39, 0.29) is 6.04 Å². The van der Waals surface area contributed by atoms with Gasteiger partial charge in [-0.1, -0.05) is 30.3 Å². The van der Waals surface area contributed by atoms with E-state index in [1.165, 1.54) is 29.8 Å². The number of benzene rings is 1. The van der Waals surface area contributed by atoms with E-state index in [0.29, 0.717) is 5.92 Å². The first-order valence-corrected chi connectivity index (χ1v) is 7.92. The number of rotatable bonds is 3. The number of amidine groups is 1. The Labute approximate surface area is 133 Å². The molecular formula is C18H26N3O+. The zero-order valence-corrected chi connectivity index (χ0v) is 14.2. The van der Waals surface area contributed by atoms with E-state index in [0.717, 1.165) is 5.76 Å². The number of hydrogen-bond acceptors (Lipinski definition) is 2. The number of likely N-dealkylation sites (N-methyl/N-ethyl adjacent to an activating group) is 2. The Balaban J connectivity index is 2.14. The number of nitrogens with zero attached hydrogens (tertiary/aromatic N) is 3. The van der Waals surface area contributed by atoms with Gasteiger partial charge in [0.1, 0.15) is 17.4 Å². The lowest BCUT2D eigenvalue weighted by molar-refractivity contribution is -0.469. The first-order valence-electron chi connectivity index (χ1n) is 7.92. The van der Waals surface area contributed by atoms with Crippen molar-refractivity contribution in [1.82, 2.24) is 9.96 Å². The van der Waals surface area contributed by atoms with E-state index in [1.807, 2.05) is 12.1 Å². The van der Waals surface area contributed by atoms with Crippen molar-refractivity contribution in [3.05, 3.63) is 47.2 Å². The summed E-state index contributed by atoms with van der Waals surface area (Å²) in [5, 5.41) is 2.01. The molecule has 0 aromatic heterocycles. The van der Waals surface area contributed by atoms with Gasteiger partial charge in [-0.05, 0) is 18.4 Å². The molecule has 4 heteroatoms. The third-order valence-electron chi connectivity index (χ3n) is 4.30. The molecule has 0 radical (unpaired) electrons. The van der Waals surface area contributed by atoms with Crippen molar-refractivity contribution < 1.29 is 9.41 Å². The summed E-state index contributed by atoms with van der Waals surface area (Å²) in [6.45, 7) is 0. The van der Waals surface area contributed by atoms with Crippen LogP contribution in [0.4, 0.5) is 0 Å². The van der Waals surface area contributed by atoms with E-state index in [2.05, 4.69) is 68.0 Å². The highest BCUT2D eigenvalue weighted by Gasteiger charge is 2.46. The Morgan fingerprint density at radius 3 is 2.32 bits per heavy atom. The molecule has 0 amide bonds. The summed E-state index contributed by atoms with van der Waals surface area (Å²) in [4.78, 5) is 8.38. The fraction of sp³-hybridized carbons (Fsp3) is 0.500. The first-order chi connectivity index (χ1) is 10.5. The maximum absolute atomic E-state index is 6.18. The minimum absolute atomic E-state index is 0.150. The second kappa shape index (κ2) is 5.76. The molecule has 1 aromatic rings. The van der Waals surface area contributed by atoms with Crippen LogP contribution in [-0.4, -0.2) is 55.6 Å². The molecule has 2 aliphatic rings. The van der Waals surface area contributed by atoms with E-state index < -0.39 is 0 Å². The second-order valence-corrected chi connectivity index (χ2v) is 6.62. The van der Waals surface area contributed by atoms with E-state index in [4.69, 9.17) is 4.84 Å². The quantitative estimate of drug-likeness (QED) is 0.485. The second-order valence-electron chi connectivity index (χ2n) is 6.62. The molecule has 1 aliphatic carbocycles. The van der Waals surface area contributed by atoms with E-state index in [1.54, 1.807) is 0 Å². The van der Waals surface area contributed by atoms with Crippen LogP contribution in [0, 0.1) is 5.92 Å². The van der Waals surface area contributed by atoms with Crippen molar-refractivity contribution >= 4 is 5.84 Å². The highest BCUT2D eigenvalue weighted by molar-refractivity contribution is 5.96. The predicted molar refractivity (Wildman–Crippen MR) is 88.6 cm³/mol. The fourth-order valence-electron chi connectivity index (χ4n) is 3.34. The molecule has 4 nitrogen and oxygen atoms in total. The SMILES string of the molecule is CN(C)C(C1=C(C2CC2)ON(C)C1c1ccccc1)=[N+](C)C. The van der Waals surface area contributed by atoms with Crippen molar-refractivity contribution in [2.45, 2.75) is 18.9 Å². The highest BCUT2D eigenvalue weighted by Crippen LogP contribution is 2.47.